The molecule has 96 valence electrons. The van der Waals surface area contributed by atoms with E-state index in [9.17, 15) is 5.11 Å². The summed E-state index contributed by atoms with van der Waals surface area (Å²) in [6.45, 7) is 1.10. The zero-order valence-electron chi connectivity index (χ0n) is 10.5. The molecule has 2 atom stereocenters. The predicted octanol–water partition coefficient (Wildman–Crippen LogP) is 1.63. The van der Waals surface area contributed by atoms with Gasteiger partial charge in [0.05, 0.1) is 6.10 Å². The maximum atomic E-state index is 9.87. The summed E-state index contributed by atoms with van der Waals surface area (Å²) in [5, 5.41) is 9.87. The molecule has 1 aliphatic heterocycles. The second-order valence-corrected chi connectivity index (χ2v) is 6.14. The lowest BCUT2D eigenvalue weighted by Gasteiger charge is -2.34. The Morgan fingerprint density at radius 3 is 3.00 bits per heavy atom. The van der Waals surface area contributed by atoms with E-state index in [0.717, 1.165) is 31.6 Å². The van der Waals surface area contributed by atoms with Crippen molar-refractivity contribution in [1.29, 1.82) is 0 Å². The Morgan fingerprint density at radius 1 is 1.33 bits per heavy atom. The standard InChI is InChI=1S/C14H19N3O/c18-11-3-1-2-10(6-11)17-8-14(4-5-14)12-7-15-9-16-13(12)17/h7,9-11,18H,1-6,8H2/t10-,11-/m1/s1. The molecule has 4 nitrogen and oxygen atoms in total. The number of nitrogens with zero attached hydrogens (tertiary/aromatic N) is 3. The van der Waals surface area contributed by atoms with E-state index in [-0.39, 0.29) is 6.10 Å². The molecule has 0 amide bonds. The van der Waals surface area contributed by atoms with Crippen molar-refractivity contribution in [2.75, 3.05) is 11.4 Å². The van der Waals surface area contributed by atoms with Crippen LogP contribution in [0.3, 0.4) is 0 Å². The molecule has 1 N–H and O–H groups in total. The topological polar surface area (TPSA) is 49.2 Å². The highest BCUT2D eigenvalue weighted by Gasteiger charge is 2.53. The third-order valence-electron chi connectivity index (χ3n) is 4.92. The van der Waals surface area contributed by atoms with Gasteiger partial charge in [-0.1, -0.05) is 0 Å². The second kappa shape index (κ2) is 3.67. The first kappa shape index (κ1) is 10.7. The van der Waals surface area contributed by atoms with Crippen molar-refractivity contribution in [2.45, 2.75) is 56.1 Å². The SMILES string of the molecule is O[C@@H]1CCC[C@@H](N2CC3(CC3)c3cncnc32)C1. The lowest BCUT2D eigenvalue weighted by Crippen LogP contribution is -2.40. The molecule has 1 spiro atoms. The van der Waals surface area contributed by atoms with Crippen LogP contribution in [0.1, 0.15) is 44.1 Å². The fraction of sp³-hybridized carbons (Fsp3) is 0.714. The Morgan fingerprint density at radius 2 is 2.22 bits per heavy atom. The van der Waals surface area contributed by atoms with E-state index in [1.54, 1.807) is 6.33 Å². The summed E-state index contributed by atoms with van der Waals surface area (Å²) in [5.74, 6) is 1.14. The van der Waals surface area contributed by atoms with E-state index in [1.807, 2.05) is 6.20 Å². The van der Waals surface area contributed by atoms with Crippen LogP contribution in [-0.4, -0.2) is 33.8 Å². The summed E-state index contributed by atoms with van der Waals surface area (Å²) in [4.78, 5) is 11.2. The van der Waals surface area contributed by atoms with Gasteiger partial charge in [0.25, 0.3) is 0 Å². The Hall–Kier alpha value is -1.16. The molecule has 2 fully saturated rings. The van der Waals surface area contributed by atoms with E-state index >= 15 is 0 Å². The number of aromatic nitrogens is 2. The van der Waals surface area contributed by atoms with Crippen molar-refractivity contribution >= 4 is 5.82 Å². The molecule has 2 saturated carbocycles. The average Bonchev–Trinajstić information content (AvgIpc) is 3.09. The lowest BCUT2D eigenvalue weighted by molar-refractivity contribution is 0.118. The van der Waals surface area contributed by atoms with Crippen molar-refractivity contribution in [3.63, 3.8) is 0 Å². The normalized spacial score (nSPS) is 32.6. The zero-order chi connectivity index (χ0) is 12.2. The first-order valence-corrected chi connectivity index (χ1v) is 7.04. The molecule has 0 saturated heterocycles. The number of fused-ring (bicyclic) bond motifs is 2. The minimum atomic E-state index is -0.121. The maximum absolute atomic E-state index is 9.87. The number of anilines is 1. The molecule has 1 aromatic rings. The van der Waals surface area contributed by atoms with Gasteiger partial charge in [-0.3, -0.25) is 0 Å². The second-order valence-electron chi connectivity index (χ2n) is 6.14. The molecule has 1 aromatic heterocycles. The Bertz CT molecular complexity index is 472. The molecular formula is C14H19N3O. The molecule has 0 aromatic carbocycles. The molecule has 2 aliphatic carbocycles. The number of aliphatic hydroxyl groups is 1. The average molecular weight is 245 g/mol. The van der Waals surface area contributed by atoms with Crippen molar-refractivity contribution in [1.82, 2.24) is 9.97 Å². The summed E-state index contributed by atoms with van der Waals surface area (Å²) < 4.78 is 0. The summed E-state index contributed by atoms with van der Waals surface area (Å²) in [5.41, 5.74) is 1.71. The van der Waals surface area contributed by atoms with Crippen molar-refractivity contribution in [3.8, 4) is 0 Å². The first-order valence-electron chi connectivity index (χ1n) is 7.04. The number of aliphatic hydroxyl groups excluding tert-OH is 1. The van der Waals surface area contributed by atoms with Crippen LogP contribution in [0.15, 0.2) is 12.5 Å². The van der Waals surface area contributed by atoms with Crippen molar-refractivity contribution < 1.29 is 5.11 Å². The van der Waals surface area contributed by atoms with Crippen LogP contribution in [0.5, 0.6) is 0 Å². The largest absolute Gasteiger partial charge is 0.393 e. The van der Waals surface area contributed by atoms with Gasteiger partial charge in [-0.05, 0) is 38.5 Å². The van der Waals surface area contributed by atoms with Crippen LogP contribution in [0, 0.1) is 0 Å². The van der Waals surface area contributed by atoms with Crippen LogP contribution in [0.4, 0.5) is 5.82 Å². The zero-order valence-corrected chi connectivity index (χ0v) is 10.5. The van der Waals surface area contributed by atoms with Crippen LogP contribution in [-0.2, 0) is 5.41 Å². The van der Waals surface area contributed by atoms with Crippen molar-refractivity contribution in [2.24, 2.45) is 0 Å². The van der Waals surface area contributed by atoms with Gasteiger partial charge < -0.3 is 10.0 Å². The van der Waals surface area contributed by atoms with E-state index < -0.39 is 0 Å². The van der Waals surface area contributed by atoms with Gasteiger partial charge in [-0.25, -0.2) is 9.97 Å². The minimum Gasteiger partial charge on any atom is -0.393 e. The fourth-order valence-electron chi connectivity index (χ4n) is 3.71. The van der Waals surface area contributed by atoms with Gasteiger partial charge >= 0.3 is 0 Å². The predicted molar refractivity (Wildman–Crippen MR) is 68.6 cm³/mol. The van der Waals surface area contributed by atoms with Crippen LogP contribution >= 0.6 is 0 Å². The molecule has 0 radical (unpaired) electrons. The van der Waals surface area contributed by atoms with Gasteiger partial charge in [0.1, 0.15) is 12.1 Å². The van der Waals surface area contributed by atoms with Gasteiger partial charge in [-0.2, -0.15) is 0 Å². The van der Waals surface area contributed by atoms with Crippen LogP contribution < -0.4 is 4.90 Å². The third-order valence-corrected chi connectivity index (χ3v) is 4.92. The van der Waals surface area contributed by atoms with Crippen LogP contribution in [0.2, 0.25) is 0 Å². The molecule has 3 aliphatic rings. The van der Waals surface area contributed by atoms with Gasteiger partial charge in [-0.15, -0.1) is 0 Å². The maximum Gasteiger partial charge on any atom is 0.136 e. The number of hydrogen-bond acceptors (Lipinski definition) is 4. The Kier molecular flexibility index (Phi) is 2.19. The quantitative estimate of drug-likeness (QED) is 0.817. The molecule has 4 rings (SSSR count). The third kappa shape index (κ3) is 1.48. The monoisotopic (exact) mass is 245 g/mol. The molecule has 4 heteroatoms. The van der Waals surface area contributed by atoms with E-state index in [2.05, 4.69) is 14.9 Å². The molecule has 18 heavy (non-hydrogen) atoms. The lowest BCUT2D eigenvalue weighted by atomic mass is 9.92. The van der Waals surface area contributed by atoms with E-state index in [0.29, 0.717) is 11.5 Å². The summed E-state index contributed by atoms with van der Waals surface area (Å²) in [6, 6.07) is 0.474. The Labute approximate surface area is 107 Å². The fourth-order valence-corrected chi connectivity index (χ4v) is 3.71. The number of rotatable bonds is 1. The van der Waals surface area contributed by atoms with Crippen molar-refractivity contribution in [3.05, 3.63) is 18.1 Å². The van der Waals surface area contributed by atoms with E-state index in [4.69, 9.17) is 0 Å². The minimum absolute atomic E-state index is 0.121. The smallest absolute Gasteiger partial charge is 0.136 e. The molecular weight excluding hydrogens is 226 g/mol. The highest BCUT2D eigenvalue weighted by Crippen LogP contribution is 2.56. The van der Waals surface area contributed by atoms with Gasteiger partial charge in [0, 0.05) is 29.8 Å². The highest BCUT2D eigenvalue weighted by atomic mass is 16.3. The summed E-state index contributed by atoms with van der Waals surface area (Å²) in [6.07, 6.45) is 10.3. The molecule has 2 heterocycles. The molecule has 0 unspecified atom stereocenters. The highest BCUT2D eigenvalue weighted by molar-refractivity contribution is 5.60. The summed E-state index contributed by atoms with van der Waals surface area (Å²) in [7, 11) is 0. The van der Waals surface area contributed by atoms with Crippen LogP contribution in [0.25, 0.3) is 0 Å². The van der Waals surface area contributed by atoms with Gasteiger partial charge in [0.15, 0.2) is 0 Å². The number of hydrogen-bond donors (Lipinski definition) is 1. The van der Waals surface area contributed by atoms with E-state index in [1.165, 1.54) is 24.8 Å². The Balaban J connectivity index is 1.67. The van der Waals surface area contributed by atoms with Gasteiger partial charge in [0.2, 0.25) is 0 Å². The summed E-state index contributed by atoms with van der Waals surface area (Å²) >= 11 is 0. The first-order chi connectivity index (χ1) is 8.78. The molecule has 0 bridgehead atoms.